The molecular formula is C18H22N4O2. The number of amides is 2. The summed E-state index contributed by atoms with van der Waals surface area (Å²) >= 11 is 0. The summed E-state index contributed by atoms with van der Waals surface area (Å²) in [7, 11) is 1.54. The van der Waals surface area contributed by atoms with Gasteiger partial charge in [0.25, 0.3) is 0 Å². The van der Waals surface area contributed by atoms with Crippen molar-refractivity contribution in [3.8, 4) is 5.88 Å². The Bertz CT molecular complexity index is 670. The van der Waals surface area contributed by atoms with E-state index in [4.69, 9.17) is 4.74 Å². The van der Waals surface area contributed by atoms with Crippen molar-refractivity contribution in [2.75, 3.05) is 38.6 Å². The second-order valence-electron chi connectivity index (χ2n) is 5.74. The molecule has 0 aliphatic carbocycles. The van der Waals surface area contributed by atoms with Crippen LogP contribution in [0.2, 0.25) is 0 Å². The van der Waals surface area contributed by atoms with E-state index in [1.165, 1.54) is 5.56 Å². The predicted molar refractivity (Wildman–Crippen MR) is 93.1 cm³/mol. The monoisotopic (exact) mass is 326 g/mol. The van der Waals surface area contributed by atoms with Crippen LogP contribution in [-0.2, 0) is 6.54 Å². The fourth-order valence-corrected chi connectivity index (χ4v) is 2.79. The van der Waals surface area contributed by atoms with Crippen molar-refractivity contribution in [3.05, 3.63) is 54.2 Å². The van der Waals surface area contributed by atoms with Gasteiger partial charge in [-0.3, -0.25) is 4.90 Å². The molecule has 3 rings (SSSR count). The Balaban J connectivity index is 1.52. The minimum absolute atomic E-state index is 0.110. The zero-order valence-corrected chi connectivity index (χ0v) is 13.8. The number of nitrogens with one attached hydrogen (secondary N) is 1. The van der Waals surface area contributed by atoms with Crippen molar-refractivity contribution in [2.24, 2.45) is 0 Å². The van der Waals surface area contributed by atoms with Crippen LogP contribution in [0.3, 0.4) is 0 Å². The molecule has 6 heteroatoms. The molecule has 1 aliphatic rings. The Hall–Kier alpha value is -2.60. The topological polar surface area (TPSA) is 57.7 Å². The SMILES string of the molecule is COc1ncccc1NC(=O)N1CCN(Cc2ccccc2)CC1. The number of carbonyl (C=O) groups is 1. The van der Waals surface area contributed by atoms with Crippen molar-refractivity contribution < 1.29 is 9.53 Å². The van der Waals surface area contributed by atoms with Gasteiger partial charge in [0.15, 0.2) is 0 Å². The van der Waals surface area contributed by atoms with Gasteiger partial charge in [-0.05, 0) is 17.7 Å². The van der Waals surface area contributed by atoms with Gasteiger partial charge in [-0.25, -0.2) is 9.78 Å². The van der Waals surface area contributed by atoms with Gasteiger partial charge >= 0.3 is 6.03 Å². The maximum absolute atomic E-state index is 12.4. The van der Waals surface area contributed by atoms with E-state index >= 15 is 0 Å². The molecule has 24 heavy (non-hydrogen) atoms. The molecule has 0 radical (unpaired) electrons. The van der Waals surface area contributed by atoms with E-state index < -0.39 is 0 Å². The maximum Gasteiger partial charge on any atom is 0.322 e. The number of hydrogen-bond acceptors (Lipinski definition) is 4. The highest BCUT2D eigenvalue weighted by molar-refractivity contribution is 5.90. The lowest BCUT2D eigenvalue weighted by Crippen LogP contribution is -2.49. The summed E-state index contributed by atoms with van der Waals surface area (Å²) < 4.78 is 5.16. The van der Waals surface area contributed by atoms with Crippen LogP contribution in [0.15, 0.2) is 48.7 Å². The molecule has 6 nitrogen and oxygen atoms in total. The molecule has 1 aliphatic heterocycles. The number of nitrogens with zero attached hydrogens (tertiary/aromatic N) is 3. The predicted octanol–water partition coefficient (Wildman–Crippen LogP) is 2.44. The van der Waals surface area contributed by atoms with Crippen molar-refractivity contribution in [1.29, 1.82) is 0 Å². The van der Waals surface area contributed by atoms with Crippen LogP contribution in [0.4, 0.5) is 10.5 Å². The van der Waals surface area contributed by atoms with E-state index in [1.807, 2.05) is 11.0 Å². The first kappa shape index (κ1) is 16.3. The summed E-state index contributed by atoms with van der Waals surface area (Å²) in [6.07, 6.45) is 1.64. The first-order valence-corrected chi connectivity index (χ1v) is 8.07. The molecule has 0 bridgehead atoms. The van der Waals surface area contributed by atoms with Crippen LogP contribution in [-0.4, -0.2) is 54.1 Å². The third kappa shape index (κ3) is 4.02. The summed E-state index contributed by atoms with van der Waals surface area (Å²) in [5, 5.41) is 2.88. The van der Waals surface area contributed by atoms with Crippen LogP contribution in [0.1, 0.15) is 5.56 Å². The molecule has 2 heterocycles. The number of piperazine rings is 1. The summed E-state index contributed by atoms with van der Waals surface area (Å²) in [5.74, 6) is 0.425. The Labute approximate surface area is 142 Å². The lowest BCUT2D eigenvalue weighted by molar-refractivity contribution is 0.143. The Morgan fingerprint density at radius 1 is 1.12 bits per heavy atom. The number of urea groups is 1. The summed E-state index contributed by atoms with van der Waals surface area (Å²) in [6.45, 7) is 4.08. The average Bonchev–Trinajstić information content (AvgIpc) is 2.63. The molecule has 1 aromatic carbocycles. The molecule has 1 saturated heterocycles. The number of methoxy groups -OCH3 is 1. The average molecular weight is 326 g/mol. The molecule has 126 valence electrons. The van der Waals surface area contributed by atoms with Gasteiger partial charge in [0, 0.05) is 38.9 Å². The fourth-order valence-electron chi connectivity index (χ4n) is 2.79. The van der Waals surface area contributed by atoms with Gasteiger partial charge in [-0.15, -0.1) is 0 Å². The molecule has 2 aromatic rings. The van der Waals surface area contributed by atoms with Gasteiger partial charge in [0.1, 0.15) is 5.69 Å². The second kappa shape index (κ2) is 7.79. The van der Waals surface area contributed by atoms with Crippen LogP contribution in [0, 0.1) is 0 Å². The largest absolute Gasteiger partial charge is 0.480 e. The molecule has 0 saturated carbocycles. The minimum Gasteiger partial charge on any atom is -0.480 e. The molecule has 0 spiro atoms. The van der Waals surface area contributed by atoms with Gasteiger partial charge in [0.2, 0.25) is 5.88 Å². The van der Waals surface area contributed by atoms with E-state index in [9.17, 15) is 4.79 Å². The normalized spacial score (nSPS) is 15.1. The smallest absolute Gasteiger partial charge is 0.322 e. The zero-order valence-electron chi connectivity index (χ0n) is 13.8. The van der Waals surface area contributed by atoms with Crippen molar-refractivity contribution in [3.63, 3.8) is 0 Å². The summed E-state index contributed by atoms with van der Waals surface area (Å²) in [4.78, 5) is 20.7. The molecule has 1 aromatic heterocycles. The third-order valence-corrected chi connectivity index (χ3v) is 4.11. The van der Waals surface area contributed by atoms with E-state index in [2.05, 4.69) is 39.5 Å². The number of ether oxygens (including phenoxy) is 1. The number of rotatable bonds is 4. The van der Waals surface area contributed by atoms with Gasteiger partial charge in [-0.1, -0.05) is 30.3 Å². The van der Waals surface area contributed by atoms with Crippen LogP contribution >= 0.6 is 0 Å². The van der Waals surface area contributed by atoms with Crippen LogP contribution < -0.4 is 10.1 Å². The molecule has 1 N–H and O–H groups in total. The highest BCUT2D eigenvalue weighted by atomic mass is 16.5. The van der Waals surface area contributed by atoms with Crippen LogP contribution in [0.25, 0.3) is 0 Å². The lowest BCUT2D eigenvalue weighted by atomic mass is 10.2. The second-order valence-corrected chi connectivity index (χ2v) is 5.74. The molecule has 1 fully saturated rings. The van der Waals surface area contributed by atoms with Crippen molar-refractivity contribution >= 4 is 11.7 Å². The first-order chi connectivity index (χ1) is 11.8. The van der Waals surface area contributed by atoms with Crippen molar-refractivity contribution in [1.82, 2.24) is 14.8 Å². The van der Waals surface area contributed by atoms with Gasteiger partial charge < -0.3 is 15.0 Å². The minimum atomic E-state index is -0.110. The molecule has 0 atom stereocenters. The van der Waals surface area contributed by atoms with Crippen LogP contribution in [0.5, 0.6) is 5.88 Å². The number of pyridine rings is 1. The fraction of sp³-hybridized carbons (Fsp3) is 0.333. The summed E-state index contributed by atoms with van der Waals surface area (Å²) in [6, 6.07) is 13.9. The standard InChI is InChI=1S/C18H22N4O2/c1-24-17-16(8-5-9-19-17)20-18(23)22-12-10-21(11-13-22)14-15-6-3-2-4-7-15/h2-9H,10-14H2,1H3,(H,20,23). The summed E-state index contributed by atoms with van der Waals surface area (Å²) in [5.41, 5.74) is 1.90. The molecule has 2 amide bonds. The number of carbonyl (C=O) groups excluding carboxylic acids is 1. The number of anilines is 1. The number of aromatic nitrogens is 1. The van der Waals surface area contributed by atoms with Gasteiger partial charge in [-0.2, -0.15) is 0 Å². The third-order valence-electron chi connectivity index (χ3n) is 4.11. The number of hydrogen-bond donors (Lipinski definition) is 1. The zero-order chi connectivity index (χ0) is 16.8. The van der Waals surface area contributed by atoms with E-state index in [1.54, 1.807) is 25.4 Å². The first-order valence-electron chi connectivity index (χ1n) is 8.07. The van der Waals surface area contributed by atoms with Crippen molar-refractivity contribution in [2.45, 2.75) is 6.54 Å². The maximum atomic E-state index is 12.4. The van der Waals surface area contributed by atoms with E-state index in [0.717, 1.165) is 19.6 Å². The van der Waals surface area contributed by atoms with Gasteiger partial charge in [0.05, 0.1) is 7.11 Å². The van der Waals surface area contributed by atoms with E-state index in [0.29, 0.717) is 24.7 Å². The lowest BCUT2D eigenvalue weighted by Gasteiger charge is -2.34. The Morgan fingerprint density at radius 3 is 2.58 bits per heavy atom. The molecular weight excluding hydrogens is 304 g/mol. The Morgan fingerprint density at radius 2 is 1.88 bits per heavy atom. The number of benzene rings is 1. The quantitative estimate of drug-likeness (QED) is 0.937. The Kier molecular flexibility index (Phi) is 5.28. The highest BCUT2D eigenvalue weighted by Crippen LogP contribution is 2.20. The highest BCUT2D eigenvalue weighted by Gasteiger charge is 2.22. The van der Waals surface area contributed by atoms with E-state index in [-0.39, 0.29) is 6.03 Å². The molecule has 0 unspecified atom stereocenters.